The minimum absolute atomic E-state index is 0.659. The van der Waals surface area contributed by atoms with Crippen LogP contribution in [0.5, 0.6) is 0 Å². The summed E-state index contributed by atoms with van der Waals surface area (Å²) in [5.41, 5.74) is 0. The molecule has 1 fully saturated rings. The average molecular weight is 239 g/mol. The van der Waals surface area contributed by atoms with Crippen LogP contribution in [0.25, 0.3) is 0 Å². The van der Waals surface area contributed by atoms with Crippen LogP contribution in [0.15, 0.2) is 4.42 Å². The molecule has 2 rings (SSSR count). The molecule has 17 heavy (non-hydrogen) atoms. The van der Waals surface area contributed by atoms with Crippen LogP contribution >= 0.6 is 0 Å². The molecule has 2 heterocycles. The van der Waals surface area contributed by atoms with Gasteiger partial charge < -0.3 is 19.5 Å². The average Bonchev–Trinajstić information content (AvgIpc) is 2.79. The second kappa shape index (κ2) is 5.97. The first-order chi connectivity index (χ1) is 8.29. The molecule has 6 nitrogen and oxygen atoms in total. The summed E-state index contributed by atoms with van der Waals surface area (Å²) in [4.78, 5) is 4.45. The second-order valence-electron chi connectivity index (χ2n) is 4.45. The lowest BCUT2D eigenvalue weighted by Crippen LogP contribution is -2.44. The van der Waals surface area contributed by atoms with Crippen LogP contribution in [0.4, 0.5) is 6.01 Å². The largest absolute Gasteiger partial charge is 0.407 e. The number of rotatable bonds is 5. The van der Waals surface area contributed by atoms with Gasteiger partial charge in [0.2, 0.25) is 5.89 Å². The molecule has 6 heteroatoms. The van der Waals surface area contributed by atoms with Gasteiger partial charge in [-0.25, -0.2) is 0 Å². The van der Waals surface area contributed by atoms with E-state index in [0.29, 0.717) is 18.5 Å². The molecule has 0 aromatic carbocycles. The Hall–Kier alpha value is -1.14. The Morgan fingerprint density at radius 1 is 1.24 bits per heavy atom. The first-order valence-corrected chi connectivity index (χ1v) is 6.26. The van der Waals surface area contributed by atoms with Crippen molar-refractivity contribution in [2.75, 3.05) is 44.7 Å². The highest BCUT2D eigenvalue weighted by atomic mass is 16.4. The van der Waals surface area contributed by atoms with E-state index < -0.39 is 0 Å². The van der Waals surface area contributed by atoms with Crippen molar-refractivity contribution in [3.63, 3.8) is 0 Å². The fourth-order valence-electron chi connectivity index (χ4n) is 1.81. The molecule has 0 saturated carbocycles. The fourth-order valence-corrected chi connectivity index (χ4v) is 1.81. The molecular weight excluding hydrogens is 218 g/mol. The van der Waals surface area contributed by atoms with Gasteiger partial charge in [0.05, 0.1) is 6.54 Å². The molecule has 1 N–H and O–H groups in total. The Kier molecular flexibility index (Phi) is 4.33. The third kappa shape index (κ3) is 3.41. The summed E-state index contributed by atoms with van der Waals surface area (Å²) in [5.74, 6) is 0.673. The number of nitrogens with one attached hydrogen (secondary N) is 1. The molecule has 1 aliphatic rings. The van der Waals surface area contributed by atoms with Gasteiger partial charge in [-0.3, -0.25) is 0 Å². The van der Waals surface area contributed by atoms with Gasteiger partial charge >= 0.3 is 6.01 Å². The topological polar surface area (TPSA) is 57.4 Å². The molecule has 0 amide bonds. The summed E-state index contributed by atoms with van der Waals surface area (Å²) < 4.78 is 5.63. The number of hydrogen-bond donors (Lipinski definition) is 1. The van der Waals surface area contributed by atoms with E-state index in [9.17, 15) is 0 Å². The van der Waals surface area contributed by atoms with Gasteiger partial charge in [-0.15, -0.1) is 5.10 Å². The van der Waals surface area contributed by atoms with Crippen molar-refractivity contribution in [3.8, 4) is 0 Å². The lowest BCUT2D eigenvalue weighted by molar-refractivity contribution is 0.303. The number of nitrogens with zero attached hydrogens (tertiary/aromatic N) is 4. The van der Waals surface area contributed by atoms with Crippen LogP contribution in [0.2, 0.25) is 0 Å². The summed E-state index contributed by atoms with van der Waals surface area (Å²) in [6, 6.07) is 0.659. The summed E-state index contributed by atoms with van der Waals surface area (Å²) in [5, 5.41) is 11.4. The van der Waals surface area contributed by atoms with Gasteiger partial charge in [0.1, 0.15) is 0 Å². The third-order valence-corrected chi connectivity index (χ3v) is 2.93. The van der Waals surface area contributed by atoms with Gasteiger partial charge in [-0.2, -0.15) is 0 Å². The smallest absolute Gasteiger partial charge is 0.318 e. The summed E-state index contributed by atoms with van der Waals surface area (Å²) in [6.45, 7) is 7.79. The summed E-state index contributed by atoms with van der Waals surface area (Å²) >= 11 is 0. The molecule has 1 aromatic heterocycles. The van der Waals surface area contributed by atoms with Crippen LogP contribution in [0, 0.1) is 0 Å². The molecule has 0 atom stereocenters. The molecular formula is C11H21N5O. The van der Waals surface area contributed by atoms with E-state index in [1.165, 1.54) is 0 Å². The lowest BCUT2D eigenvalue weighted by Gasteiger charge is -2.30. The zero-order valence-corrected chi connectivity index (χ0v) is 10.6. The quantitative estimate of drug-likeness (QED) is 0.747. The highest BCUT2D eigenvalue weighted by Crippen LogP contribution is 2.13. The fraction of sp³-hybridized carbons (Fsp3) is 0.818. The first-order valence-electron chi connectivity index (χ1n) is 6.26. The number of aromatic nitrogens is 2. The molecule has 0 spiro atoms. The standard InChI is InChI=1S/C11H21N5O/c1-3-4-12-9-10-13-14-11(17-10)16-7-5-15(2)6-8-16/h12H,3-9H2,1-2H3. The maximum atomic E-state index is 5.63. The summed E-state index contributed by atoms with van der Waals surface area (Å²) in [7, 11) is 2.13. The maximum absolute atomic E-state index is 5.63. The highest BCUT2D eigenvalue weighted by Gasteiger charge is 2.18. The zero-order valence-electron chi connectivity index (χ0n) is 10.6. The Morgan fingerprint density at radius 3 is 2.71 bits per heavy atom. The van der Waals surface area contributed by atoms with E-state index in [2.05, 4.69) is 39.3 Å². The summed E-state index contributed by atoms with van der Waals surface area (Å²) in [6.07, 6.45) is 1.11. The van der Waals surface area contributed by atoms with Gasteiger partial charge in [0.25, 0.3) is 0 Å². The zero-order chi connectivity index (χ0) is 12.1. The Labute approximate surface area is 102 Å². The van der Waals surface area contributed by atoms with E-state index >= 15 is 0 Å². The van der Waals surface area contributed by atoms with Crippen LogP contribution in [-0.2, 0) is 6.54 Å². The minimum Gasteiger partial charge on any atom is -0.407 e. The van der Waals surface area contributed by atoms with Gasteiger partial charge in [0, 0.05) is 26.2 Å². The molecule has 0 unspecified atom stereocenters. The molecule has 0 bridgehead atoms. The number of piperazine rings is 1. The second-order valence-corrected chi connectivity index (χ2v) is 4.45. The van der Waals surface area contributed by atoms with Crippen LogP contribution in [0.3, 0.4) is 0 Å². The van der Waals surface area contributed by atoms with E-state index in [1.807, 2.05) is 0 Å². The predicted octanol–water partition coefficient (Wildman–Crippen LogP) is 0.321. The van der Waals surface area contributed by atoms with Crippen molar-refractivity contribution >= 4 is 6.01 Å². The Morgan fingerprint density at radius 2 is 2.00 bits per heavy atom. The predicted molar refractivity (Wildman–Crippen MR) is 66.0 cm³/mol. The monoisotopic (exact) mass is 239 g/mol. The molecule has 1 aliphatic heterocycles. The minimum atomic E-state index is 0.659. The number of anilines is 1. The molecule has 0 aliphatic carbocycles. The van der Waals surface area contributed by atoms with E-state index in [-0.39, 0.29) is 0 Å². The van der Waals surface area contributed by atoms with Gasteiger partial charge in [0.15, 0.2) is 0 Å². The first kappa shape index (κ1) is 12.3. The molecule has 1 saturated heterocycles. The van der Waals surface area contributed by atoms with E-state index in [0.717, 1.165) is 39.1 Å². The Balaban J connectivity index is 1.85. The highest BCUT2D eigenvalue weighted by molar-refractivity contribution is 5.24. The maximum Gasteiger partial charge on any atom is 0.318 e. The SMILES string of the molecule is CCCNCc1nnc(N2CCN(C)CC2)o1. The molecule has 1 aromatic rings. The Bertz CT molecular complexity index is 332. The van der Waals surface area contributed by atoms with E-state index in [1.54, 1.807) is 0 Å². The van der Waals surface area contributed by atoms with Crippen molar-refractivity contribution in [3.05, 3.63) is 5.89 Å². The van der Waals surface area contributed by atoms with Crippen molar-refractivity contribution in [1.29, 1.82) is 0 Å². The van der Waals surface area contributed by atoms with Crippen LogP contribution < -0.4 is 10.2 Å². The van der Waals surface area contributed by atoms with Crippen molar-refractivity contribution < 1.29 is 4.42 Å². The normalized spacial score (nSPS) is 17.6. The van der Waals surface area contributed by atoms with Gasteiger partial charge in [-0.1, -0.05) is 12.0 Å². The van der Waals surface area contributed by atoms with Crippen LogP contribution in [-0.4, -0.2) is 54.9 Å². The third-order valence-electron chi connectivity index (χ3n) is 2.93. The van der Waals surface area contributed by atoms with Crippen molar-refractivity contribution in [2.24, 2.45) is 0 Å². The van der Waals surface area contributed by atoms with Crippen molar-refractivity contribution in [1.82, 2.24) is 20.4 Å². The van der Waals surface area contributed by atoms with Crippen LogP contribution in [0.1, 0.15) is 19.2 Å². The van der Waals surface area contributed by atoms with Crippen molar-refractivity contribution in [2.45, 2.75) is 19.9 Å². The van der Waals surface area contributed by atoms with Gasteiger partial charge in [-0.05, 0) is 20.0 Å². The number of likely N-dealkylation sites (N-methyl/N-ethyl adjacent to an activating group) is 1. The molecule has 96 valence electrons. The number of hydrogen-bond acceptors (Lipinski definition) is 6. The molecule has 0 radical (unpaired) electrons. The lowest BCUT2D eigenvalue weighted by atomic mass is 10.3. The van der Waals surface area contributed by atoms with E-state index in [4.69, 9.17) is 4.42 Å².